The van der Waals surface area contributed by atoms with Gasteiger partial charge in [0.15, 0.2) is 6.29 Å². The summed E-state index contributed by atoms with van der Waals surface area (Å²) in [4.78, 5) is 13.2. The van der Waals surface area contributed by atoms with Gasteiger partial charge in [0.25, 0.3) is 0 Å². The Bertz CT molecular complexity index is 1190. The van der Waals surface area contributed by atoms with Gasteiger partial charge in [-0.15, -0.1) is 0 Å². The van der Waals surface area contributed by atoms with E-state index >= 15 is 0 Å². The largest absolute Gasteiger partial charge is 0.393 e. The van der Waals surface area contributed by atoms with Crippen molar-refractivity contribution in [3.63, 3.8) is 0 Å². The van der Waals surface area contributed by atoms with Crippen molar-refractivity contribution in [2.24, 2.45) is 11.7 Å². The van der Waals surface area contributed by atoms with Crippen molar-refractivity contribution in [2.75, 3.05) is 6.54 Å². The number of ether oxygens (including phenoxy) is 2. The second kappa shape index (κ2) is 29.3. The molecular formula is C41H73NO15. The van der Waals surface area contributed by atoms with E-state index in [1.807, 2.05) is 13.0 Å². The van der Waals surface area contributed by atoms with E-state index in [0.717, 1.165) is 0 Å². The molecule has 16 nitrogen and oxygen atoms in total. The van der Waals surface area contributed by atoms with Crippen LogP contribution in [-0.2, 0) is 14.3 Å². The van der Waals surface area contributed by atoms with Crippen LogP contribution < -0.4 is 5.73 Å². The standard InChI is InChI=1S/C41H73NO15/c1-4-5-6-7-16-37(57-41-40(55)39(54)38(53)26(3)56-41)25(2)36(52)24-35(51)23-34(50)21-30(46)14-9-13-29(45)20-33(49)22-32(48)19-28(44)12-8-11-27(43)18-31(47)15-10-17-42/h4-9,12,14,25-35,37-41,43-51,53-55H,10-11,13,15-24,42H2,1-3H3. The zero-order valence-electron chi connectivity index (χ0n) is 33.7. The third kappa shape index (κ3) is 22.8. The van der Waals surface area contributed by atoms with Gasteiger partial charge < -0.3 is 76.5 Å². The average molecular weight is 820 g/mol. The minimum atomic E-state index is -1.57. The Hall–Kier alpha value is -1.97. The molecule has 16 atom stereocenters. The maximum atomic E-state index is 13.2. The molecule has 1 aliphatic rings. The van der Waals surface area contributed by atoms with Gasteiger partial charge in [0.2, 0.25) is 0 Å². The molecule has 14 N–H and O–H groups in total. The highest BCUT2D eigenvalue weighted by Gasteiger charge is 2.44. The van der Waals surface area contributed by atoms with Crippen molar-refractivity contribution >= 4 is 5.78 Å². The summed E-state index contributed by atoms with van der Waals surface area (Å²) in [6.45, 7) is 5.39. The maximum Gasteiger partial charge on any atom is 0.186 e. The van der Waals surface area contributed by atoms with Crippen LogP contribution in [0, 0.1) is 5.92 Å². The van der Waals surface area contributed by atoms with E-state index in [9.17, 15) is 66.1 Å². The number of nitrogens with two attached hydrogens (primary N) is 1. The summed E-state index contributed by atoms with van der Waals surface area (Å²) < 4.78 is 11.5. The van der Waals surface area contributed by atoms with Gasteiger partial charge in [0.1, 0.15) is 24.1 Å². The molecule has 0 aromatic heterocycles. The lowest BCUT2D eigenvalue weighted by Crippen LogP contribution is -2.58. The van der Waals surface area contributed by atoms with Crippen molar-refractivity contribution < 1.29 is 75.5 Å². The summed E-state index contributed by atoms with van der Waals surface area (Å²) in [5.74, 6) is -1.20. The van der Waals surface area contributed by atoms with Crippen molar-refractivity contribution in [2.45, 2.75) is 190 Å². The Morgan fingerprint density at radius 1 is 0.667 bits per heavy atom. The molecule has 0 bridgehead atoms. The first kappa shape index (κ1) is 53.0. The smallest absolute Gasteiger partial charge is 0.186 e. The lowest BCUT2D eigenvalue weighted by Gasteiger charge is -2.41. The first-order valence-corrected chi connectivity index (χ1v) is 20.2. The predicted molar refractivity (Wildman–Crippen MR) is 212 cm³/mol. The zero-order valence-corrected chi connectivity index (χ0v) is 33.7. The van der Waals surface area contributed by atoms with E-state index in [1.165, 1.54) is 25.2 Å². The average Bonchev–Trinajstić information content (AvgIpc) is 3.12. The van der Waals surface area contributed by atoms with Crippen LogP contribution in [0.1, 0.15) is 97.8 Å². The molecule has 0 aromatic carbocycles. The summed E-state index contributed by atoms with van der Waals surface area (Å²) in [7, 11) is 0. The number of Topliss-reactive ketones (excluding diaryl/α,β-unsaturated/α-hetero) is 1. The number of rotatable bonds is 30. The van der Waals surface area contributed by atoms with Gasteiger partial charge in [-0.3, -0.25) is 4.79 Å². The van der Waals surface area contributed by atoms with Crippen LogP contribution >= 0.6 is 0 Å². The van der Waals surface area contributed by atoms with Gasteiger partial charge in [-0.1, -0.05) is 55.5 Å². The molecule has 16 unspecified atom stereocenters. The first-order chi connectivity index (χ1) is 26.9. The molecule has 0 aliphatic carbocycles. The third-order valence-corrected chi connectivity index (χ3v) is 9.91. The van der Waals surface area contributed by atoms with Crippen LogP contribution in [0.5, 0.6) is 0 Å². The molecule has 0 saturated carbocycles. The normalized spacial score (nSPS) is 26.7. The van der Waals surface area contributed by atoms with E-state index in [4.69, 9.17) is 15.2 Å². The number of hydrogen-bond donors (Lipinski definition) is 13. The Labute approximate surface area is 337 Å². The fraction of sp³-hybridized carbons (Fsp3) is 0.780. The summed E-state index contributed by atoms with van der Waals surface area (Å²) in [6.07, 6.45) is -2.85. The van der Waals surface area contributed by atoms with Crippen LogP contribution in [0.3, 0.4) is 0 Å². The van der Waals surface area contributed by atoms with Gasteiger partial charge in [-0.2, -0.15) is 0 Å². The van der Waals surface area contributed by atoms with Crippen LogP contribution in [0.15, 0.2) is 48.6 Å². The maximum absolute atomic E-state index is 13.2. The number of carbonyl (C=O) groups is 1. The van der Waals surface area contributed by atoms with Gasteiger partial charge >= 0.3 is 0 Å². The third-order valence-electron chi connectivity index (χ3n) is 9.91. The topological polar surface area (TPSA) is 304 Å². The monoisotopic (exact) mass is 819 g/mol. The number of aliphatic hydroxyl groups excluding tert-OH is 12. The molecule has 0 aromatic rings. The fourth-order valence-electron chi connectivity index (χ4n) is 6.50. The van der Waals surface area contributed by atoms with Crippen LogP contribution in [-0.4, -0.2) is 165 Å². The predicted octanol–water partition coefficient (Wildman–Crippen LogP) is -0.463. The number of aliphatic hydroxyl groups is 12. The molecule has 332 valence electrons. The summed E-state index contributed by atoms with van der Waals surface area (Å²) >= 11 is 0. The molecule has 1 rings (SSSR count). The number of allylic oxidation sites excluding steroid dienone is 3. The highest BCUT2D eigenvalue weighted by atomic mass is 16.7. The van der Waals surface area contributed by atoms with Gasteiger partial charge in [0.05, 0.1) is 67.1 Å². The lowest BCUT2D eigenvalue weighted by molar-refractivity contribution is -0.306. The molecule has 1 heterocycles. The Morgan fingerprint density at radius 2 is 1.18 bits per heavy atom. The number of hydrogen-bond acceptors (Lipinski definition) is 16. The summed E-state index contributed by atoms with van der Waals surface area (Å²) in [5.41, 5.74) is 5.41. The van der Waals surface area contributed by atoms with E-state index in [0.29, 0.717) is 19.4 Å². The zero-order chi connectivity index (χ0) is 43.1. The quantitative estimate of drug-likeness (QED) is 0.0322. The van der Waals surface area contributed by atoms with Gasteiger partial charge in [0, 0.05) is 25.2 Å². The number of ketones is 1. The second-order valence-electron chi connectivity index (χ2n) is 15.4. The molecule has 16 heteroatoms. The molecule has 0 amide bonds. The second-order valence-corrected chi connectivity index (χ2v) is 15.4. The summed E-state index contributed by atoms with van der Waals surface area (Å²) in [6, 6.07) is 0. The molecule has 0 radical (unpaired) electrons. The Balaban J connectivity index is 2.50. The lowest BCUT2D eigenvalue weighted by atomic mass is 9.91. The van der Waals surface area contributed by atoms with Gasteiger partial charge in [-0.05, 0) is 78.2 Å². The van der Waals surface area contributed by atoms with E-state index in [2.05, 4.69) is 0 Å². The first-order valence-electron chi connectivity index (χ1n) is 20.2. The number of carbonyl (C=O) groups excluding carboxylic acids is 1. The summed E-state index contributed by atoms with van der Waals surface area (Å²) in [5, 5.41) is 123. The molecule has 0 spiro atoms. The van der Waals surface area contributed by atoms with Crippen molar-refractivity contribution in [1.29, 1.82) is 0 Å². The Kier molecular flexibility index (Phi) is 27.3. The van der Waals surface area contributed by atoms with Gasteiger partial charge in [-0.25, -0.2) is 0 Å². The van der Waals surface area contributed by atoms with E-state index in [1.54, 1.807) is 31.2 Å². The minimum absolute atomic E-state index is 0.0540. The van der Waals surface area contributed by atoms with Crippen LogP contribution in [0.4, 0.5) is 0 Å². The highest BCUT2D eigenvalue weighted by molar-refractivity contribution is 5.81. The van der Waals surface area contributed by atoms with Crippen LogP contribution in [0.25, 0.3) is 0 Å². The SMILES string of the molecule is CC=CC=CCC(OC1OC(C)C(O)C(O)C1O)C(C)C(=O)CC(O)CC(O)CC(O)C=CCC(O)CC(O)CC(O)CC(O)C=CCC(O)CC(O)CCCN. The molecular weight excluding hydrogens is 746 g/mol. The van der Waals surface area contributed by atoms with Crippen LogP contribution in [0.2, 0.25) is 0 Å². The fourth-order valence-corrected chi connectivity index (χ4v) is 6.50. The molecule has 1 aliphatic heterocycles. The van der Waals surface area contributed by atoms with E-state index in [-0.39, 0.29) is 64.2 Å². The minimum Gasteiger partial charge on any atom is -0.393 e. The van der Waals surface area contributed by atoms with Crippen molar-refractivity contribution in [3.8, 4) is 0 Å². The Morgan fingerprint density at radius 3 is 1.72 bits per heavy atom. The van der Waals surface area contributed by atoms with E-state index < -0.39 is 103 Å². The highest BCUT2D eigenvalue weighted by Crippen LogP contribution is 2.27. The van der Waals surface area contributed by atoms with Crippen molar-refractivity contribution in [1.82, 2.24) is 0 Å². The molecule has 1 fully saturated rings. The molecule has 1 saturated heterocycles. The van der Waals surface area contributed by atoms with Crippen molar-refractivity contribution in [3.05, 3.63) is 48.6 Å². The molecule has 57 heavy (non-hydrogen) atoms.